The zero-order chi connectivity index (χ0) is 15.6. The topological polar surface area (TPSA) is 72.1 Å². The highest BCUT2D eigenvalue weighted by Crippen LogP contribution is 2.35. The molecule has 1 N–H and O–H groups in total. The third-order valence-electron chi connectivity index (χ3n) is 4.67. The van der Waals surface area contributed by atoms with E-state index in [1.807, 2.05) is 0 Å². The summed E-state index contributed by atoms with van der Waals surface area (Å²) in [6.07, 6.45) is 2.61. The predicted octanol–water partition coefficient (Wildman–Crippen LogP) is 1.57. The number of carbonyl (C=O) groups is 1. The molecule has 22 heavy (non-hydrogen) atoms. The maximum Gasteiger partial charge on any atom is 0.289 e. The average molecular weight is 309 g/mol. The molecule has 1 amide bonds. The second-order valence-electron chi connectivity index (χ2n) is 6.06. The first-order chi connectivity index (χ1) is 10.6. The number of carbonyl (C=O) groups excluding carboxylic acids is 1. The molecule has 0 aromatic carbocycles. The zero-order valence-corrected chi connectivity index (χ0v) is 12.9. The minimum absolute atomic E-state index is 0.109. The van der Waals surface area contributed by atoms with Gasteiger partial charge in [-0.2, -0.15) is 0 Å². The third kappa shape index (κ3) is 2.91. The van der Waals surface area contributed by atoms with Crippen LogP contribution < -0.4 is 0 Å². The largest absolute Gasteiger partial charge is 0.453 e. The summed E-state index contributed by atoms with van der Waals surface area (Å²) in [7, 11) is 1.59. The van der Waals surface area contributed by atoms with Crippen molar-refractivity contribution in [2.24, 2.45) is 0 Å². The number of ether oxygens (including phenoxy) is 2. The number of rotatable bonds is 3. The maximum atomic E-state index is 12.5. The van der Waals surface area contributed by atoms with Crippen molar-refractivity contribution in [3.8, 4) is 0 Å². The Morgan fingerprint density at radius 1 is 1.45 bits per heavy atom. The van der Waals surface area contributed by atoms with Crippen LogP contribution in [-0.4, -0.2) is 54.4 Å². The van der Waals surface area contributed by atoms with Crippen LogP contribution in [0.5, 0.6) is 0 Å². The Labute approximate surface area is 130 Å². The number of likely N-dealkylation sites (tertiary alicyclic amines) is 1. The van der Waals surface area contributed by atoms with Gasteiger partial charge >= 0.3 is 0 Å². The summed E-state index contributed by atoms with van der Waals surface area (Å²) in [6.45, 7) is 2.21. The first-order valence-corrected chi connectivity index (χ1v) is 7.83. The average Bonchev–Trinajstić information content (AvgIpc) is 3.00. The van der Waals surface area contributed by atoms with Crippen molar-refractivity contribution in [2.45, 2.75) is 44.0 Å². The van der Waals surface area contributed by atoms with Crippen molar-refractivity contribution in [1.82, 2.24) is 4.90 Å². The quantitative estimate of drug-likeness (QED) is 0.917. The number of aliphatic hydroxyl groups excluding tert-OH is 1. The van der Waals surface area contributed by atoms with E-state index in [1.165, 1.54) is 0 Å². The van der Waals surface area contributed by atoms with E-state index in [-0.39, 0.29) is 5.91 Å². The van der Waals surface area contributed by atoms with Gasteiger partial charge in [-0.05, 0) is 37.8 Å². The van der Waals surface area contributed by atoms with Crippen LogP contribution in [-0.2, 0) is 16.1 Å². The SMILES string of the molecule is COCc1ccc(C(=O)N2CCC3(CC2)OCCCC3O)o1. The molecule has 1 spiro atoms. The molecule has 1 aromatic rings. The first-order valence-electron chi connectivity index (χ1n) is 7.83. The van der Waals surface area contributed by atoms with Crippen LogP contribution in [0.1, 0.15) is 42.0 Å². The Morgan fingerprint density at radius 2 is 2.23 bits per heavy atom. The number of hydrogen-bond acceptors (Lipinski definition) is 5. The molecule has 1 atom stereocenters. The predicted molar refractivity (Wildman–Crippen MR) is 78.5 cm³/mol. The molecule has 3 rings (SSSR count). The minimum atomic E-state index is -0.459. The van der Waals surface area contributed by atoms with Gasteiger partial charge in [-0.3, -0.25) is 4.79 Å². The molecule has 2 fully saturated rings. The van der Waals surface area contributed by atoms with E-state index < -0.39 is 11.7 Å². The van der Waals surface area contributed by atoms with Crippen LogP contribution in [0.15, 0.2) is 16.5 Å². The molecule has 0 aliphatic carbocycles. The Bertz CT molecular complexity index is 518. The van der Waals surface area contributed by atoms with E-state index in [2.05, 4.69) is 0 Å². The molecule has 0 saturated carbocycles. The summed E-state index contributed by atoms with van der Waals surface area (Å²) >= 11 is 0. The number of furan rings is 1. The van der Waals surface area contributed by atoms with Crippen molar-refractivity contribution < 1.29 is 23.8 Å². The molecule has 0 radical (unpaired) electrons. The molecule has 2 aliphatic rings. The van der Waals surface area contributed by atoms with E-state index >= 15 is 0 Å². The van der Waals surface area contributed by atoms with Gasteiger partial charge in [0.15, 0.2) is 5.76 Å². The van der Waals surface area contributed by atoms with Gasteiger partial charge in [-0.15, -0.1) is 0 Å². The molecule has 122 valence electrons. The molecular weight excluding hydrogens is 286 g/mol. The van der Waals surface area contributed by atoms with Gasteiger partial charge in [0.1, 0.15) is 12.4 Å². The maximum absolute atomic E-state index is 12.5. The molecule has 2 aliphatic heterocycles. The summed E-state index contributed by atoms with van der Waals surface area (Å²) in [6, 6.07) is 3.45. The minimum Gasteiger partial charge on any atom is -0.453 e. The smallest absolute Gasteiger partial charge is 0.289 e. The lowest BCUT2D eigenvalue weighted by atomic mass is 9.82. The van der Waals surface area contributed by atoms with Gasteiger partial charge in [0.05, 0.1) is 11.7 Å². The monoisotopic (exact) mass is 309 g/mol. The van der Waals surface area contributed by atoms with Gasteiger partial charge in [0, 0.05) is 26.8 Å². The Kier molecular flexibility index (Phi) is 4.52. The summed E-state index contributed by atoms with van der Waals surface area (Å²) in [5, 5.41) is 10.2. The number of amides is 1. The summed E-state index contributed by atoms with van der Waals surface area (Å²) in [5.74, 6) is 0.876. The fourth-order valence-corrected chi connectivity index (χ4v) is 3.35. The molecule has 6 heteroatoms. The number of nitrogens with zero attached hydrogens (tertiary/aromatic N) is 1. The Balaban J connectivity index is 1.61. The lowest BCUT2D eigenvalue weighted by molar-refractivity contribution is -0.174. The van der Waals surface area contributed by atoms with Crippen molar-refractivity contribution >= 4 is 5.91 Å². The number of methoxy groups -OCH3 is 1. The highest BCUT2D eigenvalue weighted by Gasteiger charge is 2.44. The highest BCUT2D eigenvalue weighted by atomic mass is 16.5. The number of hydrogen-bond donors (Lipinski definition) is 1. The van der Waals surface area contributed by atoms with Crippen LogP contribution >= 0.6 is 0 Å². The van der Waals surface area contributed by atoms with Crippen molar-refractivity contribution in [1.29, 1.82) is 0 Å². The second-order valence-corrected chi connectivity index (χ2v) is 6.06. The fraction of sp³-hybridized carbons (Fsp3) is 0.688. The van der Waals surface area contributed by atoms with Gasteiger partial charge < -0.3 is 23.9 Å². The summed E-state index contributed by atoms with van der Waals surface area (Å²) in [4.78, 5) is 14.2. The first kappa shape index (κ1) is 15.5. The molecule has 2 saturated heterocycles. The van der Waals surface area contributed by atoms with E-state index in [1.54, 1.807) is 24.1 Å². The van der Waals surface area contributed by atoms with Gasteiger partial charge in [0.2, 0.25) is 0 Å². The van der Waals surface area contributed by atoms with Crippen LogP contribution in [0, 0.1) is 0 Å². The normalized spacial score (nSPS) is 24.6. The highest BCUT2D eigenvalue weighted by molar-refractivity contribution is 5.91. The van der Waals surface area contributed by atoms with Crippen LogP contribution in [0.2, 0.25) is 0 Å². The standard InChI is InChI=1S/C16H23NO5/c1-20-11-12-4-5-13(22-12)15(19)17-8-6-16(7-9-17)14(18)3-2-10-21-16/h4-5,14,18H,2-3,6-11H2,1H3. The Hall–Kier alpha value is -1.37. The molecule has 3 heterocycles. The van der Waals surface area contributed by atoms with Gasteiger partial charge in [-0.1, -0.05) is 0 Å². The lowest BCUT2D eigenvalue weighted by Crippen LogP contribution is -2.56. The zero-order valence-electron chi connectivity index (χ0n) is 12.9. The van der Waals surface area contributed by atoms with Gasteiger partial charge in [-0.25, -0.2) is 0 Å². The third-order valence-corrected chi connectivity index (χ3v) is 4.67. The van der Waals surface area contributed by atoms with E-state index in [9.17, 15) is 9.90 Å². The van der Waals surface area contributed by atoms with Gasteiger partial charge in [0.25, 0.3) is 5.91 Å². The van der Waals surface area contributed by atoms with Crippen molar-refractivity contribution in [2.75, 3.05) is 26.8 Å². The van der Waals surface area contributed by atoms with Crippen LogP contribution in [0.25, 0.3) is 0 Å². The van der Waals surface area contributed by atoms with E-state index in [0.29, 0.717) is 50.7 Å². The lowest BCUT2D eigenvalue weighted by Gasteiger charge is -2.46. The second kappa shape index (κ2) is 6.40. The summed E-state index contributed by atoms with van der Waals surface area (Å²) in [5.41, 5.74) is -0.459. The van der Waals surface area contributed by atoms with E-state index in [4.69, 9.17) is 13.9 Å². The van der Waals surface area contributed by atoms with Crippen molar-refractivity contribution in [3.63, 3.8) is 0 Å². The number of piperidine rings is 1. The molecule has 6 nitrogen and oxygen atoms in total. The number of aliphatic hydroxyl groups is 1. The molecule has 0 bridgehead atoms. The molecular formula is C16H23NO5. The van der Waals surface area contributed by atoms with Crippen LogP contribution in [0.3, 0.4) is 0 Å². The molecule has 1 aromatic heterocycles. The van der Waals surface area contributed by atoms with E-state index in [0.717, 1.165) is 12.8 Å². The Morgan fingerprint density at radius 3 is 2.91 bits per heavy atom. The van der Waals surface area contributed by atoms with Crippen molar-refractivity contribution in [3.05, 3.63) is 23.7 Å². The van der Waals surface area contributed by atoms with Crippen LogP contribution in [0.4, 0.5) is 0 Å². The fourth-order valence-electron chi connectivity index (χ4n) is 3.35. The summed E-state index contributed by atoms with van der Waals surface area (Å²) < 4.78 is 16.4. The molecule has 1 unspecified atom stereocenters.